The summed E-state index contributed by atoms with van der Waals surface area (Å²) in [4.78, 5) is 47.8. The van der Waals surface area contributed by atoms with E-state index in [1.165, 1.54) is 0 Å². The molecule has 1 spiro atoms. The summed E-state index contributed by atoms with van der Waals surface area (Å²) < 4.78 is -1.25. The minimum absolute atomic E-state index is 0.0552. The van der Waals surface area contributed by atoms with Gasteiger partial charge in [0.1, 0.15) is 6.04 Å². The smallest absolute Gasteiger partial charge is 0.251 e. The van der Waals surface area contributed by atoms with Gasteiger partial charge in [0.15, 0.2) is 0 Å². The number of aliphatic hydroxyl groups is 1. The maximum Gasteiger partial charge on any atom is 0.251 e. The highest BCUT2D eigenvalue weighted by Crippen LogP contribution is 2.72. The number of aliphatic hydroxyl groups excluding tert-OH is 1. The van der Waals surface area contributed by atoms with Gasteiger partial charge in [-0.3, -0.25) is 14.4 Å². The number of carbonyl (C=O) groups is 3. The van der Waals surface area contributed by atoms with Crippen LogP contribution in [0, 0.1) is 11.8 Å². The highest BCUT2D eigenvalue weighted by Gasteiger charge is 2.77. The van der Waals surface area contributed by atoms with Gasteiger partial charge in [-0.2, -0.15) is 0 Å². The SMILES string of the molecule is C=CCN(CCC)C(=O)[C@@H]1[C@H]2C(=O)N([C@H](C)CO)C(C(=O)N(CC=C)c3ccccc3Cl)C23CC[C@@]1(C)S3. The molecule has 1 aromatic rings. The highest BCUT2D eigenvalue weighted by atomic mass is 35.5. The average Bonchev–Trinajstić information content (AvgIpc) is 3.47. The van der Waals surface area contributed by atoms with Crippen molar-refractivity contribution in [2.45, 2.75) is 61.6 Å². The molecular formula is C29H38ClN3O4S. The number of thioether (sulfide) groups is 1. The lowest BCUT2D eigenvalue weighted by Gasteiger charge is -2.39. The van der Waals surface area contributed by atoms with Crippen molar-refractivity contribution >= 4 is 46.8 Å². The molecule has 4 rings (SSSR count). The van der Waals surface area contributed by atoms with Crippen LogP contribution < -0.4 is 4.90 Å². The number of likely N-dealkylation sites (tertiary alicyclic amines) is 1. The Morgan fingerprint density at radius 3 is 2.53 bits per heavy atom. The first-order valence-electron chi connectivity index (χ1n) is 13.3. The standard InChI is InChI=1S/C29H38ClN3O4S/c1-6-15-31(16-7-2)25(35)22-23-26(36)33(19(4)18-34)24(29(23)14-13-28(22,5)38-29)27(37)32(17-8-3)21-12-10-9-11-20(21)30/h6,8-12,19,22-24,34H,1,3,7,13-18H2,2,4-5H3/t19-,22+,23+,24?,28-,29?/m1/s1. The lowest BCUT2D eigenvalue weighted by Crippen LogP contribution is -2.57. The lowest BCUT2D eigenvalue weighted by molar-refractivity contribution is -0.146. The first kappa shape index (κ1) is 28.7. The van der Waals surface area contributed by atoms with E-state index < -0.39 is 33.4 Å². The van der Waals surface area contributed by atoms with E-state index in [0.29, 0.717) is 30.2 Å². The summed E-state index contributed by atoms with van der Waals surface area (Å²) in [6, 6.07) is 5.68. The number of carbonyl (C=O) groups excluding carboxylic acids is 3. The quantitative estimate of drug-likeness (QED) is 0.412. The van der Waals surface area contributed by atoms with Gasteiger partial charge < -0.3 is 19.8 Å². The van der Waals surface area contributed by atoms with Crippen LogP contribution in [-0.2, 0) is 14.4 Å². The molecule has 3 aliphatic rings. The van der Waals surface area contributed by atoms with Gasteiger partial charge in [-0.05, 0) is 45.2 Å². The van der Waals surface area contributed by atoms with Crippen molar-refractivity contribution in [1.82, 2.24) is 9.80 Å². The molecule has 9 heteroatoms. The zero-order valence-electron chi connectivity index (χ0n) is 22.4. The maximum absolute atomic E-state index is 14.5. The van der Waals surface area contributed by atoms with E-state index in [9.17, 15) is 19.5 Å². The van der Waals surface area contributed by atoms with Crippen LogP contribution in [0.2, 0.25) is 5.02 Å². The summed E-state index contributed by atoms with van der Waals surface area (Å²) in [5, 5.41) is 10.6. The number of halogens is 1. The van der Waals surface area contributed by atoms with Crippen LogP contribution in [-0.4, -0.2) is 80.4 Å². The van der Waals surface area contributed by atoms with Gasteiger partial charge in [0.05, 0.1) is 39.9 Å². The van der Waals surface area contributed by atoms with Crippen LogP contribution in [0.1, 0.15) is 40.0 Å². The summed E-state index contributed by atoms with van der Waals surface area (Å²) in [5.74, 6) is -1.76. The molecular weight excluding hydrogens is 522 g/mol. The van der Waals surface area contributed by atoms with Gasteiger partial charge in [0.25, 0.3) is 5.91 Å². The Kier molecular flexibility index (Phi) is 8.36. The number of hydrogen-bond donors (Lipinski definition) is 1. The van der Waals surface area contributed by atoms with E-state index in [1.807, 2.05) is 13.0 Å². The van der Waals surface area contributed by atoms with Gasteiger partial charge in [0, 0.05) is 24.4 Å². The minimum Gasteiger partial charge on any atom is -0.394 e. The second kappa shape index (κ2) is 11.1. The predicted molar refractivity (Wildman–Crippen MR) is 153 cm³/mol. The third-order valence-electron chi connectivity index (χ3n) is 8.33. The fraction of sp³-hybridized carbons (Fsp3) is 0.552. The third kappa shape index (κ3) is 4.38. The molecule has 6 atom stereocenters. The number of amides is 3. The molecule has 206 valence electrons. The van der Waals surface area contributed by atoms with Gasteiger partial charge in [-0.1, -0.05) is 42.8 Å². The molecule has 3 heterocycles. The van der Waals surface area contributed by atoms with Crippen LogP contribution in [0.5, 0.6) is 0 Å². The number of fused-ring (bicyclic) bond motifs is 1. The van der Waals surface area contributed by atoms with Crippen molar-refractivity contribution in [1.29, 1.82) is 0 Å². The molecule has 3 fully saturated rings. The summed E-state index contributed by atoms with van der Waals surface area (Å²) in [6.45, 7) is 14.4. The van der Waals surface area contributed by atoms with E-state index >= 15 is 0 Å². The van der Waals surface area contributed by atoms with Crippen molar-refractivity contribution < 1.29 is 19.5 Å². The molecule has 3 aliphatic heterocycles. The molecule has 38 heavy (non-hydrogen) atoms. The number of rotatable bonds is 11. The topological polar surface area (TPSA) is 81.2 Å². The summed E-state index contributed by atoms with van der Waals surface area (Å²) in [7, 11) is 0. The van der Waals surface area contributed by atoms with E-state index in [1.54, 1.807) is 63.7 Å². The van der Waals surface area contributed by atoms with Crippen molar-refractivity contribution in [3.63, 3.8) is 0 Å². The summed E-state index contributed by atoms with van der Waals surface area (Å²) in [6.07, 6.45) is 5.51. The first-order chi connectivity index (χ1) is 18.1. The Bertz CT molecular complexity index is 1130. The van der Waals surface area contributed by atoms with E-state index in [4.69, 9.17) is 11.6 Å². The molecule has 7 nitrogen and oxygen atoms in total. The zero-order valence-corrected chi connectivity index (χ0v) is 24.0. The van der Waals surface area contributed by atoms with Crippen molar-refractivity contribution in [2.24, 2.45) is 11.8 Å². The molecule has 3 saturated heterocycles. The molecule has 2 bridgehead atoms. The monoisotopic (exact) mass is 559 g/mol. The van der Waals surface area contributed by atoms with Crippen LogP contribution in [0.4, 0.5) is 5.69 Å². The average molecular weight is 560 g/mol. The van der Waals surface area contributed by atoms with E-state index in [2.05, 4.69) is 20.1 Å². The molecule has 0 radical (unpaired) electrons. The molecule has 0 aliphatic carbocycles. The minimum atomic E-state index is -0.845. The summed E-state index contributed by atoms with van der Waals surface area (Å²) >= 11 is 8.14. The summed E-state index contributed by atoms with van der Waals surface area (Å²) in [5.41, 5.74) is 0.541. The molecule has 2 unspecified atom stereocenters. The number of nitrogens with zero attached hydrogens (tertiary/aromatic N) is 3. The number of anilines is 1. The number of benzene rings is 1. The zero-order chi connectivity index (χ0) is 27.8. The van der Waals surface area contributed by atoms with Crippen molar-refractivity contribution in [2.75, 3.05) is 31.1 Å². The molecule has 0 aromatic heterocycles. The van der Waals surface area contributed by atoms with Crippen molar-refractivity contribution in [3.8, 4) is 0 Å². The van der Waals surface area contributed by atoms with Gasteiger partial charge >= 0.3 is 0 Å². The predicted octanol–water partition coefficient (Wildman–Crippen LogP) is 4.15. The fourth-order valence-corrected chi connectivity index (χ4v) is 9.32. The fourth-order valence-electron chi connectivity index (χ4n) is 6.75. The van der Waals surface area contributed by atoms with Crippen LogP contribution in [0.25, 0.3) is 0 Å². The van der Waals surface area contributed by atoms with Crippen LogP contribution in [0.3, 0.4) is 0 Å². The molecule has 1 aromatic carbocycles. The lowest BCUT2D eigenvalue weighted by atomic mass is 9.66. The third-order valence-corrected chi connectivity index (χ3v) is 10.6. The normalized spacial score (nSPS) is 30.2. The van der Waals surface area contributed by atoms with E-state index in [0.717, 1.165) is 12.8 Å². The maximum atomic E-state index is 14.5. The number of hydrogen-bond acceptors (Lipinski definition) is 5. The Hall–Kier alpha value is -2.29. The van der Waals surface area contributed by atoms with E-state index in [-0.39, 0.29) is 30.9 Å². The molecule has 1 N–H and O–H groups in total. The van der Waals surface area contributed by atoms with Crippen LogP contribution in [0.15, 0.2) is 49.6 Å². The van der Waals surface area contributed by atoms with Crippen molar-refractivity contribution in [3.05, 3.63) is 54.6 Å². The largest absolute Gasteiger partial charge is 0.394 e. The molecule has 0 saturated carbocycles. The second-order valence-electron chi connectivity index (χ2n) is 10.8. The van der Waals surface area contributed by atoms with Gasteiger partial charge in [-0.25, -0.2) is 0 Å². The van der Waals surface area contributed by atoms with Gasteiger partial charge in [0.2, 0.25) is 11.8 Å². The Balaban J connectivity index is 1.83. The van der Waals surface area contributed by atoms with Crippen LogP contribution >= 0.6 is 23.4 Å². The van der Waals surface area contributed by atoms with Gasteiger partial charge in [-0.15, -0.1) is 24.9 Å². The number of para-hydroxylation sites is 1. The highest BCUT2D eigenvalue weighted by molar-refractivity contribution is 8.02. The Labute approximate surface area is 234 Å². The second-order valence-corrected chi connectivity index (χ2v) is 13.1. The molecule has 3 amide bonds. The Morgan fingerprint density at radius 1 is 1.24 bits per heavy atom. The Morgan fingerprint density at radius 2 is 1.92 bits per heavy atom. The first-order valence-corrected chi connectivity index (χ1v) is 14.5.